The number of para-hydroxylation sites is 1. The van der Waals surface area contributed by atoms with Gasteiger partial charge < -0.3 is 5.01 Å². The molecule has 0 amide bonds. The maximum atomic E-state index is 5.98. The quantitative estimate of drug-likeness (QED) is 0.471. The Kier molecular flexibility index (Phi) is 6.50. The first-order valence-corrected chi connectivity index (χ1v) is 6.99. The third-order valence-corrected chi connectivity index (χ3v) is 3.24. The van der Waals surface area contributed by atoms with Crippen molar-refractivity contribution in [1.29, 1.82) is 0 Å². The molecule has 0 fully saturated rings. The fraction of sp³-hybridized carbons (Fsp3) is 0.538. The zero-order chi connectivity index (χ0) is 11.8. The molecule has 0 heterocycles. The molecule has 0 aliphatic heterocycles. The molecule has 1 aromatic rings. The van der Waals surface area contributed by atoms with Crippen molar-refractivity contribution in [1.82, 2.24) is 0 Å². The smallest absolute Gasteiger partial charge is 0.0517 e. The highest BCUT2D eigenvalue weighted by molar-refractivity contribution is 9.09. The number of hydrogen-bond donors (Lipinski definition) is 1. The summed E-state index contributed by atoms with van der Waals surface area (Å²) in [7, 11) is 0. The molecule has 0 aliphatic rings. The summed E-state index contributed by atoms with van der Waals surface area (Å²) >= 11 is 3.47. The molecular weight excluding hydrogens is 264 g/mol. The lowest BCUT2D eigenvalue weighted by Gasteiger charge is -2.19. The van der Waals surface area contributed by atoms with Crippen molar-refractivity contribution in [3.05, 3.63) is 30.3 Å². The zero-order valence-corrected chi connectivity index (χ0v) is 11.5. The maximum Gasteiger partial charge on any atom is 0.0517 e. The van der Waals surface area contributed by atoms with Crippen LogP contribution in [0.15, 0.2) is 30.3 Å². The standard InChI is InChI=1S/C13H21BrN2/c1-12(9-10-14)6-5-11-16(15)13-7-3-2-4-8-13/h2-4,7-8,12H,5-6,9-11,15H2,1H3/t12-/m0/s1. The van der Waals surface area contributed by atoms with E-state index in [4.69, 9.17) is 5.84 Å². The van der Waals surface area contributed by atoms with Gasteiger partial charge in [-0.2, -0.15) is 0 Å². The first kappa shape index (κ1) is 13.5. The van der Waals surface area contributed by atoms with Crippen LogP contribution >= 0.6 is 15.9 Å². The molecule has 0 spiro atoms. The lowest BCUT2D eigenvalue weighted by Crippen LogP contribution is -2.31. The van der Waals surface area contributed by atoms with Gasteiger partial charge in [0.15, 0.2) is 0 Å². The van der Waals surface area contributed by atoms with Gasteiger partial charge in [-0.05, 0) is 37.3 Å². The van der Waals surface area contributed by atoms with E-state index >= 15 is 0 Å². The number of nitrogens with two attached hydrogens (primary N) is 1. The molecular formula is C13H21BrN2. The van der Waals surface area contributed by atoms with Crippen molar-refractivity contribution in [3.8, 4) is 0 Å². The number of nitrogens with zero attached hydrogens (tertiary/aromatic N) is 1. The minimum absolute atomic E-state index is 0.781. The van der Waals surface area contributed by atoms with Crippen molar-refractivity contribution in [2.45, 2.75) is 26.2 Å². The van der Waals surface area contributed by atoms with Gasteiger partial charge in [-0.1, -0.05) is 41.1 Å². The van der Waals surface area contributed by atoms with Crippen molar-refractivity contribution in [3.63, 3.8) is 0 Å². The van der Waals surface area contributed by atoms with Gasteiger partial charge in [0, 0.05) is 11.9 Å². The maximum absolute atomic E-state index is 5.98. The third-order valence-electron chi connectivity index (χ3n) is 2.79. The number of benzene rings is 1. The van der Waals surface area contributed by atoms with Gasteiger partial charge >= 0.3 is 0 Å². The molecule has 0 bridgehead atoms. The molecule has 2 N–H and O–H groups in total. The topological polar surface area (TPSA) is 29.3 Å². The van der Waals surface area contributed by atoms with Crippen molar-refractivity contribution >= 4 is 21.6 Å². The molecule has 1 atom stereocenters. The molecule has 16 heavy (non-hydrogen) atoms. The summed E-state index contributed by atoms with van der Waals surface area (Å²) in [6, 6.07) is 10.1. The third kappa shape index (κ3) is 4.99. The fourth-order valence-electron chi connectivity index (χ4n) is 1.69. The molecule has 0 unspecified atom stereocenters. The van der Waals surface area contributed by atoms with Crippen molar-refractivity contribution < 1.29 is 0 Å². The second kappa shape index (κ2) is 7.69. The number of hydrazine groups is 1. The van der Waals surface area contributed by atoms with Crippen LogP contribution in [-0.4, -0.2) is 11.9 Å². The predicted molar refractivity (Wildman–Crippen MR) is 74.8 cm³/mol. The Morgan fingerprint density at radius 2 is 1.94 bits per heavy atom. The van der Waals surface area contributed by atoms with Crippen LogP contribution in [0.4, 0.5) is 5.69 Å². The molecule has 0 aromatic heterocycles. The predicted octanol–water partition coefficient (Wildman–Crippen LogP) is 3.57. The largest absolute Gasteiger partial charge is 0.311 e. The van der Waals surface area contributed by atoms with Gasteiger partial charge in [-0.3, -0.25) is 0 Å². The Bertz CT molecular complexity index is 277. The molecule has 0 radical (unpaired) electrons. The minimum Gasteiger partial charge on any atom is -0.311 e. The second-order valence-electron chi connectivity index (χ2n) is 4.25. The molecule has 0 saturated heterocycles. The summed E-state index contributed by atoms with van der Waals surface area (Å²) in [5, 5.41) is 2.93. The number of hydrogen-bond acceptors (Lipinski definition) is 2. The number of rotatable bonds is 7. The van der Waals surface area contributed by atoms with E-state index in [1.165, 1.54) is 12.8 Å². The average molecular weight is 285 g/mol. The highest BCUT2D eigenvalue weighted by atomic mass is 79.9. The fourth-order valence-corrected chi connectivity index (χ4v) is 2.47. The Balaban J connectivity index is 2.23. The van der Waals surface area contributed by atoms with E-state index < -0.39 is 0 Å². The number of halogens is 1. The average Bonchev–Trinajstić information content (AvgIpc) is 2.30. The summed E-state index contributed by atoms with van der Waals surface area (Å²) in [6.07, 6.45) is 3.64. The van der Waals surface area contributed by atoms with E-state index in [0.29, 0.717) is 0 Å². The molecule has 1 aromatic carbocycles. The van der Waals surface area contributed by atoms with Gasteiger partial charge in [-0.25, -0.2) is 5.84 Å². The number of anilines is 1. The Morgan fingerprint density at radius 3 is 2.56 bits per heavy atom. The SMILES string of the molecule is C[C@H](CCBr)CCCN(N)c1ccccc1. The van der Waals surface area contributed by atoms with Gasteiger partial charge in [0.1, 0.15) is 0 Å². The minimum atomic E-state index is 0.781. The molecule has 3 heteroatoms. The first-order valence-electron chi connectivity index (χ1n) is 5.87. The van der Waals surface area contributed by atoms with E-state index in [9.17, 15) is 0 Å². The van der Waals surface area contributed by atoms with E-state index in [-0.39, 0.29) is 0 Å². The summed E-state index contributed by atoms with van der Waals surface area (Å²) in [5.41, 5.74) is 1.09. The summed E-state index contributed by atoms with van der Waals surface area (Å²) in [6.45, 7) is 3.22. The summed E-state index contributed by atoms with van der Waals surface area (Å²) < 4.78 is 0. The Hall–Kier alpha value is -0.540. The monoisotopic (exact) mass is 284 g/mol. The van der Waals surface area contributed by atoms with Crippen LogP contribution in [0.2, 0.25) is 0 Å². The van der Waals surface area contributed by atoms with E-state index in [1.54, 1.807) is 0 Å². The van der Waals surface area contributed by atoms with Gasteiger partial charge in [-0.15, -0.1) is 0 Å². The van der Waals surface area contributed by atoms with Crippen LogP contribution < -0.4 is 10.9 Å². The number of alkyl halides is 1. The van der Waals surface area contributed by atoms with Crippen LogP contribution in [0.1, 0.15) is 26.2 Å². The van der Waals surface area contributed by atoms with E-state index in [2.05, 4.69) is 22.9 Å². The lowest BCUT2D eigenvalue weighted by molar-refractivity contribution is 0.499. The molecule has 90 valence electrons. The zero-order valence-electron chi connectivity index (χ0n) is 9.90. The molecule has 1 rings (SSSR count). The Labute approximate surface area is 107 Å². The van der Waals surface area contributed by atoms with Crippen LogP contribution in [0.5, 0.6) is 0 Å². The molecule has 0 saturated carbocycles. The van der Waals surface area contributed by atoms with Crippen LogP contribution in [0.25, 0.3) is 0 Å². The van der Waals surface area contributed by atoms with Gasteiger partial charge in [0.2, 0.25) is 0 Å². The van der Waals surface area contributed by atoms with Crippen molar-refractivity contribution in [2.24, 2.45) is 11.8 Å². The first-order chi connectivity index (χ1) is 7.74. The normalized spacial score (nSPS) is 12.4. The molecule has 2 nitrogen and oxygen atoms in total. The van der Waals surface area contributed by atoms with E-state index in [0.717, 1.165) is 29.9 Å². The van der Waals surface area contributed by atoms with E-state index in [1.807, 2.05) is 35.3 Å². The van der Waals surface area contributed by atoms with Crippen molar-refractivity contribution in [2.75, 3.05) is 16.9 Å². The highest BCUT2D eigenvalue weighted by Gasteiger charge is 2.03. The summed E-state index contributed by atoms with van der Waals surface area (Å²) in [5.74, 6) is 6.76. The highest BCUT2D eigenvalue weighted by Crippen LogP contribution is 2.14. The second-order valence-corrected chi connectivity index (χ2v) is 5.05. The van der Waals surface area contributed by atoms with Gasteiger partial charge in [0.25, 0.3) is 0 Å². The van der Waals surface area contributed by atoms with Crippen LogP contribution in [0.3, 0.4) is 0 Å². The summed E-state index contributed by atoms with van der Waals surface area (Å²) in [4.78, 5) is 0. The lowest BCUT2D eigenvalue weighted by atomic mass is 10.0. The van der Waals surface area contributed by atoms with Crippen LogP contribution in [-0.2, 0) is 0 Å². The van der Waals surface area contributed by atoms with Gasteiger partial charge in [0.05, 0.1) is 5.69 Å². The Morgan fingerprint density at radius 1 is 1.25 bits per heavy atom. The van der Waals surface area contributed by atoms with Crippen LogP contribution in [0, 0.1) is 5.92 Å². The molecule has 0 aliphatic carbocycles.